The zero-order valence-electron chi connectivity index (χ0n) is 21.0. The number of allylic oxidation sites excluding steroid dienone is 1. The summed E-state index contributed by atoms with van der Waals surface area (Å²) in [5, 5.41) is 6.78. The summed E-state index contributed by atoms with van der Waals surface area (Å²) in [6.45, 7) is 3.51. The molecule has 9 heteroatoms. The number of fused-ring (bicyclic) bond motifs is 1. The largest absolute Gasteiger partial charge is 0.493 e. The lowest BCUT2D eigenvalue weighted by Crippen LogP contribution is -2.30. The molecule has 4 heterocycles. The van der Waals surface area contributed by atoms with Crippen LogP contribution in [-0.4, -0.2) is 52.3 Å². The van der Waals surface area contributed by atoms with Crippen LogP contribution in [0.1, 0.15) is 24.0 Å². The van der Waals surface area contributed by atoms with Gasteiger partial charge in [-0.3, -0.25) is 9.39 Å². The Bertz CT molecular complexity index is 1390. The quantitative estimate of drug-likeness (QED) is 0.302. The van der Waals surface area contributed by atoms with E-state index in [-0.39, 0.29) is 0 Å². The van der Waals surface area contributed by atoms with Gasteiger partial charge in [0.05, 0.1) is 24.2 Å². The van der Waals surface area contributed by atoms with Gasteiger partial charge >= 0.3 is 0 Å². The highest BCUT2D eigenvalue weighted by molar-refractivity contribution is 6.09. The number of hydrogen-bond acceptors (Lipinski definition) is 8. The molecule has 4 N–H and O–H groups in total. The fourth-order valence-electron chi connectivity index (χ4n) is 4.46. The third kappa shape index (κ3) is 5.95. The van der Waals surface area contributed by atoms with Crippen LogP contribution in [0.4, 0.5) is 5.82 Å². The number of pyridine rings is 1. The second-order valence-electron chi connectivity index (χ2n) is 9.09. The molecular weight excluding hydrogens is 464 g/mol. The van der Waals surface area contributed by atoms with Crippen molar-refractivity contribution in [1.29, 1.82) is 0 Å². The lowest BCUT2D eigenvalue weighted by molar-refractivity contribution is 0.215. The van der Waals surface area contributed by atoms with E-state index in [0.717, 1.165) is 77.8 Å². The molecule has 0 bridgehead atoms. The van der Waals surface area contributed by atoms with Gasteiger partial charge in [-0.2, -0.15) is 0 Å². The Kier molecular flexibility index (Phi) is 7.71. The number of nitrogens with two attached hydrogens (primary N) is 1. The van der Waals surface area contributed by atoms with Gasteiger partial charge in [-0.25, -0.2) is 15.0 Å². The molecule has 0 radical (unpaired) electrons. The van der Waals surface area contributed by atoms with Crippen LogP contribution >= 0.6 is 0 Å². The molecule has 1 fully saturated rings. The van der Waals surface area contributed by atoms with E-state index in [1.807, 2.05) is 47.1 Å². The monoisotopic (exact) mass is 496 g/mol. The van der Waals surface area contributed by atoms with E-state index in [0.29, 0.717) is 12.5 Å². The Balaban J connectivity index is 1.24. The summed E-state index contributed by atoms with van der Waals surface area (Å²) in [6, 6.07) is 14.1. The van der Waals surface area contributed by atoms with Crippen LogP contribution in [0, 0.1) is 5.92 Å². The number of aliphatic imine (C=N–C) groups is 1. The van der Waals surface area contributed by atoms with E-state index in [1.165, 1.54) is 0 Å². The number of piperidine rings is 1. The molecule has 0 aliphatic carbocycles. The third-order valence-electron chi connectivity index (χ3n) is 6.57. The summed E-state index contributed by atoms with van der Waals surface area (Å²) in [5.41, 5.74) is 11.3. The number of nitrogens with one attached hydrogen (secondary N) is 2. The standard InChI is InChI=1S/C28H32N8O/c1-30-16-23(14-29)22-4-2-20(3-5-22)15-32-27-13-25(34-19-35-27)26-17-33-28-12-24(8-11-36(26)28)37-18-21-6-9-31-10-7-21/h2-5,8,11-14,16-17,19,21,31H,6-7,9-10,15,18,29H2,1H3,(H,32,34,35)/b23-14+,30-16?. The van der Waals surface area contributed by atoms with E-state index in [9.17, 15) is 0 Å². The minimum atomic E-state index is 0.605. The third-order valence-corrected chi connectivity index (χ3v) is 6.57. The zero-order chi connectivity index (χ0) is 25.5. The number of imidazole rings is 1. The van der Waals surface area contributed by atoms with Crippen molar-refractivity contribution in [3.05, 3.63) is 78.5 Å². The highest BCUT2D eigenvalue weighted by Crippen LogP contribution is 2.24. The van der Waals surface area contributed by atoms with Crippen molar-refractivity contribution >= 4 is 23.3 Å². The van der Waals surface area contributed by atoms with Gasteiger partial charge in [-0.1, -0.05) is 24.3 Å². The molecule has 1 aliphatic heterocycles. The molecule has 37 heavy (non-hydrogen) atoms. The number of rotatable bonds is 9. The molecule has 4 aromatic rings. The van der Waals surface area contributed by atoms with Crippen molar-refractivity contribution in [2.75, 3.05) is 32.1 Å². The van der Waals surface area contributed by atoms with E-state index in [1.54, 1.807) is 25.8 Å². The molecule has 9 nitrogen and oxygen atoms in total. The molecule has 190 valence electrons. The first kappa shape index (κ1) is 24.5. The number of nitrogens with zero attached hydrogens (tertiary/aromatic N) is 5. The molecule has 1 aliphatic rings. The molecule has 0 spiro atoms. The van der Waals surface area contributed by atoms with Crippen molar-refractivity contribution in [2.45, 2.75) is 19.4 Å². The highest BCUT2D eigenvalue weighted by Gasteiger charge is 2.14. The van der Waals surface area contributed by atoms with Crippen LogP contribution in [0.2, 0.25) is 0 Å². The van der Waals surface area contributed by atoms with Crippen LogP contribution in [0.15, 0.2) is 72.4 Å². The van der Waals surface area contributed by atoms with Crippen LogP contribution in [-0.2, 0) is 6.54 Å². The lowest BCUT2D eigenvalue weighted by Gasteiger charge is -2.22. The Hall–Kier alpha value is -4.24. The Morgan fingerprint density at radius 3 is 2.78 bits per heavy atom. The van der Waals surface area contributed by atoms with Crippen LogP contribution in [0.5, 0.6) is 5.75 Å². The number of aromatic nitrogens is 4. The summed E-state index contributed by atoms with van der Waals surface area (Å²) in [4.78, 5) is 17.5. The van der Waals surface area contributed by atoms with Gasteiger partial charge in [0.1, 0.15) is 23.5 Å². The maximum atomic E-state index is 6.07. The van der Waals surface area contributed by atoms with Gasteiger partial charge in [-0.15, -0.1) is 0 Å². The van der Waals surface area contributed by atoms with Gasteiger partial charge in [-0.05, 0) is 49.0 Å². The topological polar surface area (TPSA) is 115 Å². The maximum absolute atomic E-state index is 6.07. The summed E-state index contributed by atoms with van der Waals surface area (Å²) in [5.74, 6) is 2.19. The molecular formula is C28H32N8O. The fourth-order valence-corrected chi connectivity index (χ4v) is 4.46. The van der Waals surface area contributed by atoms with E-state index < -0.39 is 0 Å². The van der Waals surface area contributed by atoms with Crippen LogP contribution in [0.3, 0.4) is 0 Å². The molecule has 0 amide bonds. The first-order chi connectivity index (χ1) is 18.2. The first-order valence-corrected chi connectivity index (χ1v) is 12.5. The summed E-state index contributed by atoms with van der Waals surface area (Å²) in [7, 11) is 1.73. The maximum Gasteiger partial charge on any atom is 0.140 e. The van der Waals surface area contributed by atoms with Crippen LogP contribution in [0.25, 0.3) is 22.6 Å². The lowest BCUT2D eigenvalue weighted by atomic mass is 9.99. The van der Waals surface area contributed by atoms with Crippen molar-refractivity contribution in [3.63, 3.8) is 0 Å². The predicted octanol–water partition coefficient (Wildman–Crippen LogP) is 3.78. The summed E-state index contributed by atoms with van der Waals surface area (Å²) < 4.78 is 8.09. The number of benzene rings is 1. The Morgan fingerprint density at radius 1 is 1.16 bits per heavy atom. The Morgan fingerprint density at radius 2 is 2.00 bits per heavy atom. The average molecular weight is 497 g/mol. The molecule has 5 rings (SSSR count). The molecule has 3 aromatic heterocycles. The van der Waals surface area contributed by atoms with Gasteiger partial charge in [0.2, 0.25) is 0 Å². The van der Waals surface area contributed by atoms with Gasteiger partial charge in [0, 0.05) is 49.9 Å². The first-order valence-electron chi connectivity index (χ1n) is 12.5. The van der Waals surface area contributed by atoms with Crippen molar-refractivity contribution < 1.29 is 4.74 Å². The zero-order valence-corrected chi connectivity index (χ0v) is 21.0. The smallest absolute Gasteiger partial charge is 0.140 e. The molecule has 1 saturated heterocycles. The molecule has 0 atom stereocenters. The SMILES string of the molecule is CN=C/C(=C\N)c1ccc(CNc2cc(-c3cnc4cc(OCC5CCNCC5)ccn34)ncn2)cc1. The predicted molar refractivity (Wildman–Crippen MR) is 148 cm³/mol. The summed E-state index contributed by atoms with van der Waals surface area (Å²) in [6.07, 6.45) is 11.0. The van der Waals surface area contributed by atoms with Gasteiger partial charge in [0.15, 0.2) is 0 Å². The van der Waals surface area contributed by atoms with Gasteiger partial charge in [0.25, 0.3) is 0 Å². The normalized spacial score (nSPS) is 14.9. The van der Waals surface area contributed by atoms with E-state index in [2.05, 4.69) is 42.7 Å². The molecule has 1 aromatic carbocycles. The second kappa shape index (κ2) is 11.7. The highest BCUT2D eigenvalue weighted by atomic mass is 16.5. The minimum absolute atomic E-state index is 0.605. The van der Waals surface area contributed by atoms with E-state index in [4.69, 9.17) is 10.5 Å². The van der Waals surface area contributed by atoms with Crippen molar-refractivity contribution in [3.8, 4) is 17.1 Å². The van der Waals surface area contributed by atoms with Crippen LogP contribution < -0.4 is 21.1 Å². The summed E-state index contributed by atoms with van der Waals surface area (Å²) >= 11 is 0. The minimum Gasteiger partial charge on any atom is -0.493 e. The second-order valence-corrected chi connectivity index (χ2v) is 9.09. The Labute approximate surface area is 216 Å². The number of hydrogen-bond donors (Lipinski definition) is 3. The number of anilines is 1. The number of ether oxygens (including phenoxy) is 1. The average Bonchev–Trinajstić information content (AvgIpc) is 3.38. The van der Waals surface area contributed by atoms with E-state index >= 15 is 0 Å². The van der Waals surface area contributed by atoms with Gasteiger partial charge < -0.3 is 21.1 Å². The molecule has 0 unspecified atom stereocenters. The van der Waals surface area contributed by atoms with Crippen molar-refractivity contribution in [2.24, 2.45) is 16.6 Å². The molecule has 0 saturated carbocycles. The fraction of sp³-hybridized carbons (Fsp3) is 0.286. The van der Waals surface area contributed by atoms with Crippen molar-refractivity contribution in [1.82, 2.24) is 24.7 Å².